The number of benzene rings is 2. The summed E-state index contributed by atoms with van der Waals surface area (Å²) in [6, 6.07) is 17.6. The van der Waals surface area contributed by atoms with Crippen LogP contribution in [-0.4, -0.2) is 35.6 Å². The maximum atomic E-state index is 12.4. The van der Waals surface area contributed by atoms with Gasteiger partial charge in [0.2, 0.25) is 11.8 Å². The fourth-order valence-electron chi connectivity index (χ4n) is 3.25. The van der Waals surface area contributed by atoms with E-state index in [9.17, 15) is 9.59 Å². The number of hydrogen-bond acceptors (Lipinski definition) is 3. The Kier molecular flexibility index (Phi) is 7.80. The first-order chi connectivity index (χ1) is 13.6. The van der Waals surface area contributed by atoms with E-state index >= 15 is 0 Å². The van der Waals surface area contributed by atoms with Crippen LogP contribution in [0.5, 0.6) is 0 Å². The predicted molar refractivity (Wildman–Crippen MR) is 115 cm³/mol. The van der Waals surface area contributed by atoms with Gasteiger partial charge >= 0.3 is 0 Å². The largest absolute Gasteiger partial charge is 0.352 e. The summed E-state index contributed by atoms with van der Waals surface area (Å²) in [6.07, 6.45) is 1.46. The minimum atomic E-state index is -0.00511. The van der Waals surface area contributed by atoms with Gasteiger partial charge < -0.3 is 10.2 Å². The quantitative estimate of drug-likeness (QED) is 0.738. The molecular formula is C22H25ClN2O2S. The van der Waals surface area contributed by atoms with Gasteiger partial charge in [-0.1, -0.05) is 54.1 Å². The fourth-order valence-corrected chi connectivity index (χ4v) is 4.26. The van der Waals surface area contributed by atoms with Crippen LogP contribution in [0.15, 0.2) is 54.6 Å². The molecule has 2 amide bonds. The van der Waals surface area contributed by atoms with Crippen molar-refractivity contribution in [3.05, 3.63) is 70.7 Å². The molecule has 2 aromatic rings. The average Bonchev–Trinajstić information content (AvgIpc) is 2.74. The van der Waals surface area contributed by atoms with E-state index in [0.29, 0.717) is 25.4 Å². The lowest BCUT2D eigenvalue weighted by Gasteiger charge is -2.31. The smallest absolute Gasteiger partial charge is 0.232 e. The monoisotopic (exact) mass is 416 g/mol. The molecule has 3 rings (SSSR count). The highest BCUT2D eigenvalue weighted by molar-refractivity contribution is 7.99. The second-order valence-corrected chi connectivity index (χ2v) is 8.40. The lowest BCUT2D eigenvalue weighted by atomic mass is 9.96. The van der Waals surface area contributed by atoms with E-state index in [4.69, 9.17) is 11.6 Å². The number of carbonyl (C=O) groups excluding carboxylic acids is 2. The van der Waals surface area contributed by atoms with Crippen molar-refractivity contribution in [3.8, 4) is 0 Å². The summed E-state index contributed by atoms with van der Waals surface area (Å²) >= 11 is 7.50. The fraction of sp³-hybridized carbons (Fsp3) is 0.364. The number of piperidine rings is 1. The van der Waals surface area contributed by atoms with E-state index in [2.05, 4.69) is 5.32 Å². The molecule has 6 heteroatoms. The van der Waals surface area contributed by atoms with Gasteiger partial charge in [0, 0.05) is 36.3 Å². The molecule has 2 aromatic carbocycles. The number of rotatable bonds is 7. The first kappa shape index (κ1) is 20.7. The van der Waals surface area contributed by atoms with Crippen LogP contribution in [0.2, 0.25) is 5.02 Å². The third kappa shape index (κ3) is 6.28. The summed E-state index contributed by atoms with van der Waals surface area (Å²) in [5.74, 6) is 1.50. The van der Waals surface area contributed by atoms with Gasteiger partial charge in [0.15, 0.2) is 0 Å². The topological polar surface area (TPSA) is 49.4 Å². The summed E-state index contributed by atoms with van der Waals surface area (Å²) in [7, 11) is 0. The highest BCUT2D eigenvalue weighted by atomic mass is 35.5. The molecular weight excluding hydrogens is 392 g/mol. The lowest BCUT2D eigenvalue weighted by Crippen LogP contribution is -2.43. The number of thioether (sulfide) groups is 1. The van der Waals surface area contributed by atoms with Crippen LogP contribution in [0, 0.1) is 5.92 Å². The van der Waals surface area contributed by atoms with Gasteiger partial charge in [-0.05, 0) is 36.1 Å². The molecule has 0 unspecified atom stereocenters. The SMILES string of the molecule is O=C(NCc1ccccc1)C1CCN(C(=O)CSCc2ccc(Cl)cc2)CC1. The molecule has 0 radical (unpaired) electrons. The molecule has 0 saturated carbocycles. The first-order valence-electron chi connectivity index (χ1n) is 9.53. The Morgan fingerprint density at radius 1 is 1.00 bits per heavy atom. The van der Waals surface area contributed by atoms with Crippen molar-refractivity contribution in [1.29, 1.82) is 0 Å². The minimum Gasteiger partial charge on any atom is -0.352 e. The molecule has 1 heterocycles. The van der Waals surface area contributed by atoms with E-state index in [1.807, 2.05) is 59.5 Å². The number of carbonyl (C=O) groups is 2. The molecule has 0 bridgehead atoms. The van der Waals surface area contributed by atoms with Crippen LogP contribution in [0.3, 0.4) is 0 Å². The van der Waals surface area contributed by atoms with Crippen molar-refractivity contribution in [2.75, 3.05) is 18.8 Å². The molecule has 0 spiro atoms. The Balaban J connectivity index is 1.35. The van der Waals surface area contributed by atoms with Crippen LogP contribution in [0.4, 0.5) is 0 Å². The van der Waals surface area contributed by atoms with Crippen molar-refractivity contribution in [1.82, 2.24) is 10.2 Å². The van der Waals surface area contributed by atoms with Gasteiger partial charge in [0.25, 0.3) is 0 Å². The van der Waals surface area contributed by atoms with Crippen molar-refractivity contribution < 1.29 is 9.59 Å². The molecule has 1 saturated heterocycles. The Morgan fingerprint density at radius 2 is 1.68 bits per heavy atom. The number of likely N-dealkylation sites (tertiary alicyclic amines) is 1. The maximum absolute atomic E-state index is 12.4. The van der Waals surface area contributed by atoms with Gasteiger partial charge in [-0.15, -0.1) is 11.8 Å². The number of amides is 2. The predicted octanol–water partition coefficient (Wildman–Crippen LogP) is 4.13. The molecule has 1 fully saturated rings. The Bertz CT molecular complexity index is 775. The van der Waals surface area contributed by atoms with Crippen LogP contribution in [0.1, 0.15) is 24.0 Å². The highest BCUT2D eigenvalue weighted by Crippen LogP contribution is 2.20. The van der Waals surface area contributed by atoms with Crippen molar-refractivity contribution in [2.45, 2.75) is 25.1 Å². The van der Waals surface area contributed by atoms with E-state index in [1.54, 1.807) is 11.8 Å². The summed E-state index contributed by atoms with van der Waals surface area (Å²) in [5, 5.41) is 3.74. The zero-order valence-corrected chi connectivity index (χ0v) is 17.3. The van der Waals surface area contributed by atoms with Gasteiger partial charge in [-0.3, -0.25) is 9.59 Å². The van der Waals surface area contributed by atoms with Gasteiger partial charge in [-0.2, -0.15) is 0 Å². The molecule has 4 nitrogen and oxygen atoms in total. The molecule has 0 aromatic heterocycles. The van der Waals surface area contributed by atoms with Gasteiger partial charge in [-0.25, -0.2) is 0 Å². The number of hydrogen-bond donors (Lipinski definition) is 1. The normalized spacial score (nSPS) is 14.7. The number of nitrogens with one attached hydrogen (secondary N) is 1. The second kappa shape index (κ2) is 10.5. The van der Waals surface area contributed by atoms with Gasteiger partial charge in [0.05, 0.1) is 5.75 Å². The second-order valence-electron chi connectivity index (χ2n) is 6.98. The Morgan fingerprint density at radius 3 is 2.36 bits per heavy atom. The standard InChI is InChI=1S/C22H25ClN2O2S/c23-20-8-6-18(7-9-20)15-28-16-21(26)25-12-10-19(11-13-25)22(27)24-14-17-4-2-1-3-5-17/h1-9,19H,10-16H2,(H,24,27). The molecule has 1 N–H and O–H groups in total. The maximum Gasteiger partial charge on any atom is 0.232 e. The Hall–Kier alpha value is -1.98. The van der Waals surface area contributed by atoms with Gasteiger partial charge in [0.1, 0.15) is 0 Å². The highest BCUT2D eigenvalue weighted by Gasteiger charge is 2.27. The van der Waals surface area contributed by atoms with E-state index in [-0.39, 0.29) is 17.7 Å². The molecule has 28 heavy (non-hydrogen) atoms. The van der Waals surface area contributed by atoms with Crippen LogP contribution in [0.25, 0.3) is 0 Å². The van der Waals surface area contributed by atoms with Crippen molar-refractivity contribution in [3.63, 3.8) is 0 Å². The van der Waals surface area contributed by atoms with Crippen LogP contribution < -0.4 is 5.32 Å². The van der Waals surface area contributed by atoms with E-state index in [0.717, 1.165) is 34.7 Å². The summed E-state index contributed by atoms with van der Waals surface area (Å²) in [5.41, 5.74) is 2.26. The summed E-state index contributed by atoms with van der Waals surface area (Å²) in [6.45, 7) is 1.87. The minimum absolute atomic E-state index is 0.00511. The molecule has 1 aliphatic heterocycles. The number of nitrogens with zero attached hydrogens (tertiary/aromatic N) is 1. The summed E-state index contributed by atoms with van der Waals surface area (Å²) in [4.78, 5) is 26.7. The van der Waals surface area contributed by atoms with Crippen molar-refractivity contribution >= 4 is 35.2 Å². The zero-order chi connectivity index (χ0) is 19.8. The van der Waals surface area contributed by atoms with Crippen molar-refractivity contribution in [2.24, 2.45) is 5.92 Å². The molecule has 0 atom stereocenters. The third-order valence-electron chi connectivity index (χ3n) is 4.94. The van der Waals surface area contributed by atoms with E-state index < -0.39 is 0 Å². The van der Waals surface area contributed by atoms with Crippen LogP contribution >= 0.6 is 23.4 Å². The Labute approximate surface area is 175 Å². The average molecular weight is 417 g/mol. The van der Waals surface area contributed by atoms with E-state index in [1.165, 1.54) is 0 Å². The molecule has 148 valence electrons. The summed E-state index contributed by atoms with van der Waals surface area (Å²) < 4.78 is 0. The first-order valence-corrected chi connectivity index (χ1v) is 11.1. The zero-order valence-electron chi connectivity index (χ0n) is 15.8. The third-order valence-corrected chi connectivity index (χ3v) is 6.18. The molecule has 0 aliphatic carbocycles. The lowest BCUT2D eigenvalue weighted by molar-refractivity contribution is -0.133. The molecule has 1 aliphatic rings. The number of halogens is 1. The van der Waals surface area contributed by atoms with Crippen LogP contribution in [-0.2, 0) is 21.9 Å².